The second-order valence-electron chi connectivity index (χ2n) is 4.68. The Labute approximate surface area is 119 Å². The van der Waals surface area contributed by atoms with Gasteiger partial charge in [-0.25, -0.2) is 4.79 Å². The van der Waals surface area contributed by atoms with Gasteiger partial charge in [0.05, 0.1) is 0 Å². The van der Waals surface area contributed by atoms with Gasteiger partial charge in [0.1, 0.15) is 0 Å². The fraction of sp³-hybridized carbons (Fsp3) is 0.846. The summed E-state index contributed by atoms with van der Waals surface area (Å²) in [6.45, 7) is 5.36. The molecule has 0 rings (SSSR count). The summed E-state index contributed by atoms with van der Waals surface area (Å²) < 4.78 is 0. The van der Waals surface area contributed by atoms with Crippen molar-refractivity contribution in [1.29, 1.82) is 0 Å². The van der Waals surface area contributed by atoms with Gasteiger partial charge in [-0.05, 0) is 25.0 Å². The molecule has 0 bridgehead atoms. The molecule has 0 heterocycles. The smallest absolute Gasteiger partial charge is 0.314 e. The predicted molar refractivity (Wildman–Crippen MR) is 79.6 cm³/mol. The van der Waals surface area contributed by atoms with Crippen LogP contribution in [0, 0.1) is 5.92 Å². The molecule has 0 saturated carbocycles. The third kappa shape index (κ3) is 10.7. The van der Waals surface area contributed by atoms with Crippen molar-refractivity contribution in [2.24, 2.45) is 5.92 Å². The zero-order valence-corrected chi connectivity index (χ0v) is 12.9. The van der Waals surface area contributed by atoms with Gasteiger partial charge >= 0.3 is 12.0 Å². The maximum absolute atomic E-state index is 11.5. The molecule has 0 aromatic rings. The first-order valence-electron chi connectivity index (χ1n) is 6.75. The highest BCUT2D eigenvalue weighted by Crippen LogP contribution is 2.14. The lowest BCUT2D eigenvalue weighted by Gasteiger charge is -2.15. The van der Waals surface area contributed by atoms with Gasteiger partial charge in [-0.1, -0.05) is 20.3 Å². The molecule has 2 atom stereocenters. The van der Waals surface area contributed by atoms with E-state index in [-0.39, 0.29) is 12.5 Å². The minimum Gasteiger partial charge on any atom is -0.481 e. The highest BCUT2D eigenvalue weighted by atomic mass is 32.2. The van der Waals surface area contributed by atoms with Gasteiger partial charge in [-0.15, -0.1) is 0 Å². The molecule has 0 radical (unpaired) electrons. The Morgan fingerprint density at radius 2 is 1.95 bits per heavy atom. The van der Waals surface area contributed by atoms with Crippen molar-refractivity contribution in [3.05, 3.63) is 0 Å². The summed E-state index contributed by atoms with van der Waals surface area (Å²) >= 11 is 1.71. The molecule has 0 aliphatic rings. The first-order valence-corrected chi connectivity index (χ1v) is 8.04. The van der Waals surface area contributed by atoms with E-state index < -0.39 is 5.97 Å². The molecule has 0 fully saturated rings. The molecule has 6 heteroatoms. The molecular weight excluding hydrogens is 264 g/mol. The maximum Gasteiger partial charge on any atom is 0.314 e. The van der Waals surface area contributed by atoms with Gasteiger partial charge in [0.15, 0.2) is 0 Å². The van der Waals surface area contributed by atoms with Crippen molar-refractivity contribution >= 4 is 23.8 Å². The van der Waals surface area contributed by atoms with E-state index in [1.165, 1.54) is 0 Å². The van der Waals surface area contributed by atoms with E-state index in [0.717, 1.165) is 12.8 Å². The van der Waals surface area contributed by atoms with Crippen molar-refractivity contribution in [3.63, 3.8) is 0 Å². The number of thioether (sulfide) groups is 1. The van der Waals surface area contributed by atoms with Crippen LogP contribution in [0.25, 0.3) is 0 Å². The number of hydrogen-bond donors (Lipinski definition) is 3. The molecule has 112 valence electrons. The van der Waals surface area contributed by atoms with E-state index in [2.05, 4.69) is 17.6 Å². The quantitative estimate of drug-likeness (QED) is 0.577. The van der Waals surface area contributed by atoms with Crippen molar-refractivity contribution in [2.45, 2.75) is 44.8 Å². The summed E-state index contributed by atoms with van der Waals surface area (Å²) in [4.78, 5) is 22.0. The van der Waals surface area contributed by atoms with Gasteiger partial charge in [-0.3, -0.25) is 4.79 Å². The molecule has 0 aromatic heterocycles. The summed E-state index contributed by atoms with van der Waals surface area (Å²) in [5.41, 5.74) is 0. The number of urea groups is 1. The highest BCUT2D eigenvalue weighted by Gasteiger charge is 2.09. The second kappa shape index (κ2) is 11.0. The Morgan fingerprint density at radius 3 is 2.47 bits per heavy atom. The Morgan fingerprint density at radius 1 is 1.26 bits per heavy atom. The van der Waals surface area contributed by atoms with Crippen LogP contribution in [-0.2, 0) is 4.79 Å². The van der Waals surface area contributed by atoms with Crippen LogP contribution in [0.4, 0.5) is 4.79 Å². The largest absolute Gasteiger partial charge is 0.481 e. The third-order valence-electron chi connectivity index (χ3n) is 3.13. The fourth-order valence-electron chi connectivity index (χ4n) is 1.65. The second-order valence-corrected chi connectivity index (χ2v) is 5.95. The number of carbonyl (C=O) groups is 2. The first-order chi connectivity index (χ1) is 8.99. The average molecular weight is 290 g/mol. The van der Waals surface area contributed by atoms with Gasteiger partial charge < -0.3 is 15.7 Å². The van der Waals surface area contributed by atoms with Crippen molar-refractivity contribution in [3.8, 4) is 0 Å². The van der Waals surface area contributed by atoms with E-state index >= 15 is 0 Å². The summed E-state index contributed by atoms with van der Waals surface area (Å²) in [5.74, 6) is -0.392. The number of aliphatic carboxylic acids is 1. The molecule has 5 nitrogen and oxygen atoms in total. The Kier molecular flexibility index (Phi) is 10.4. The Balaban J connectivity index is 3.68. The fourth-order valence-corrected chi connectivity index (χ4v) is 1.90. The lowest BCUT2D eigenvalue weighted by Crippen LogP contribution is -2.39. The SMILES string of the molecule is CCC(CCNC(=O)NCC(C)SC)CCC(=O)O. The minimum absolute atomic E-state index is 0.144. The molecule has 2 unspecified atom stereocenters. The molecule has 0 spiro atoms. The van der Waals surface area contributed by atoms with Crippen LogP contribution >= 0.6 is 11.8 Å². The molecule has 0 aliphatic heterocycles. The first kappa shape index (κ1) is 18.1. The van der Waals surface area contributed by atoms with Crippen LogP contribution in [0.1, 0.15) is 39.5 Å². The summed E-state index contributed by atoms with van der Waals surface area (Å²) in [7, 11) is 0. The van der Waals surface area contributed by atoms with Crippen molar-refractivity contribution in [1.82, 2.24) is 10.6 Å². The van der Waals surface area contributed by atoms with E-state index in [1.54, 1.807) is 11.8 Å². The molecule has 0 saturated heterocycles. The van der Waals surface area contributed by atoms with Crippen LogP contribution in [0.3, 0.4) is 0 Å². The van der Waals surface area contributed by atoms with Gasteiger partial charge in [0.2, 0.25) is 0 Å². The molecule has 0 aliphatic carbocycles. The molecule has 0 aromatic carbocycles. The summed E-state index contributed by atoms with van der Waals surface area (Å²) in [6.07, 6.45) is 4.67. The van der Waals surface area contributed by atoms with Crippen LogP contribution in [-0.4, -0.2) is 41.7 Å². The predicted octanol–water partition coefficient (Wildman–Crippen LogP) is 2.32. The number of carboxylic acid groups (broad SMARTS) is 1. The van der Waals surface area contributed by atoms with E-state index in [4.69, 9.17) is 5.11 Å². The van der Waals surface area contributed by atoms with Crippen LogP contribution in [0.2, 0.25) is 0 Å². The Bertz CT molecular complexity index is 275. The maximum atomic E-state index is 11.5. The zero-order valence-electron chi connectivity index (χ0n) is 12.1. The summed E-state index contributed by atoms with van der Waals surface area (Å²) in [5, 5.41) is 14.7. The van der Waals surface area contributed by atoms with E-state index in [1.807, 2.05) is 13.2 Å². The van der Waals surface area contributed by atoms with Crippen LogP contribution < -0.4 is 10.6 Å². The van der Waals surface area contributed by atoms with Crippen molar-refractivity contribution < 1.29 is 14.7 Å². The van der Waals surface area contributed by atoms with Crippen LogP contribution in [0.15, 0.2) is 0 Å². The number of amides is 2. The van der Waals surface area contributed by atoms with E-state index in [9.17, 15) is 9.59 Å². The number of carbonyl (C=O) groups excluding carboxylic acids is 1. The zero-order chi connectivity index (χ0) is 14.7. The van der Waals surface area contributed by atoms with Gasteiger partial charge in [0, 0.05) is 24.8 Å². The van der Waals surface area contributed by atoms with Crippen LogP contribution in [0.5, 0.6) is 0 Å². The number of nitrogens with one attached hydrogen (secondary N) is 2. The van der Waals surface area contributed by atoms with Gasteiger partial charge in [-0.2, -0.15) is 11.8 Å². The average Bonchev–Trinajstić information content (AvgIpc) is 2.39. The van der Waals surface area contributed by atoms with E-state index in [0.29, 0.717) is 30.7 Å². The number of carboxylic acids is 1. The van der Waals surface area contributed by atoms with Crippen molar-refractivity contribution in [2.75, 3.05) is 19.3 Å². The third-order valence-corrected chi connectivity index (χ3v) is 4.11. The number of rotatable bonds is 10. The minimum atomic E-state index is -0.754. The monoisotopic (exact) mass is 290 g/mol. The normalized spacial score (nSPS) is 13.6. The Hall–Kier alpha value is -0.910. The molecule has 3 N–H and O–H groups in total. The lowest BCUT2D eigenvalue weighted by atomic mass is 9.97. The number of hydrogen-bond acceptors (Lipinski definition) is 3. The molecule has 19 heavy (non-hydrogen) atoms. The highest BCUT2D eigenvalue weighted by molar-refractivity contribution is 7.99. The molecule has 2 amide bonds. The summed E-state index contributed by atoms with van der Waals surface area (Å²) in [6, 6.07) is -0.144. The topological polar surface area (TPSA) is 78.4 Å². The molecular formula is C13H26N2O3S. The standard InChI is InChI=1S/C13H26N2O3S/c1-4-11(5-6-12(16)17)7-8-14-13(18)15-9-10(2)19-3/h10-11H,4-9H2,1-3H3,(H,16,17)(H2,14,15,18). The lowest BCUT2D eigenvalue weighted by molar-refractivity contribution is -0.137. The van der Waals surface area contributed by atoms with Gasteiger partial charge in [0.25, 0.3) is 0 Å².